The first-order chi connectivity index (χ1) is 28.5. The maximum absolute atomic E-state index is 12.6. The highest BCUT2D eigenvalue weighted by molar-refractivity contribution is 5.79. The Labute approximate surface area is 373 Å². The number of ether oxygens (including phenoxy) is 4. The molecule has 7 unspecified atom stereocenters. The molecule has 0 aromatic heterocycles. The highest BCUT2D eigenvalue weighted by Gasteiger charge is 2.68. The van der Waals surface area contributed by atoms with Gasteiger partial charge in [-0.3, -0.25) is 19.2 Å². The Morgan fingerprint density at radius 1 is 0.581 bits per heavy atom. The van der Waals surface area contributed by atoms with Crippen LogP contribution in [0, 0.1) is 68.5 Å². The van der Waals surface area contributed by atoms with Gasteiger partial charge in [-0.1, -0.05) is 20.8 Å². The van der Waals surface area contributed by atoms with Gasteiger partial charge in [-0.2, -0.15) is 0 Å². The van der Waals surface area contributed by atoms with E-state index in [0.717, 1.165) is 69.1 Å². The molecular weight excluding hydrogens is 785 g/mol. The van der Waals surface area contributed by atoms with Crippen LogP contribution in [0.2, 0.25) is 0 Å². The van der Waals surface area contributed by atoms with E-state index < -0.39 is 27.6 Å². The van der Waals surface area contributed by atoms with E-state index in [2.05, 4.69) is 20.8 Å². The van der Waals surface area contributed by atoms with E-state index >= 15 is 0 Å². The second-order valence-electron chi connectivity index (χ2n) is 25.7. The van der Waals surface area contributed by atoms with E-state index in [4.69, 9.17) is 18.9 Å². The number of carbonyl (C=O) groups excluding carboxylic acids is 4. The minimum atomic E-state index is -0.794. The number of aliphatic hydroxyl groups is 2. The van der Waals surface area contributed by atoms with E-state index in [1.807, 2.05) is 69.2 Å². The van der Waals surface area contributed by atoms with Crippen LogP contribution >= 0.6 is 0 Å². The number of rotatable bonds is 11. The third kappa shape index (κ3) is 8.42. The quantitative estimate of drug-likeness (QED) is 0.152. The van der Waals surface area contributed by atoms with Crippen molar-refractivity contribution in [3.8, 4) is 0 Å². The molecule has 352 valence electrons. The van der Waals surface area contributed by atoms with E-state index in [1.54, 1.807) is 0 Å². The molecule has 11 aliphatic rings. The summed E-state index contributed by atoms with van der Waals surface area (Å²) in [6.45, 7) is 26.0. The van der Waals surface area contributed by atoms with Crippen molar-refractivity contribution in [1.29, 1.82) is 0 Å². The van der Waals surface area contributed by atoms with Gasteiger partial charge in [0.25, 0.3) is 0 Å². The first kappa shape index (κ1) is 47.8. The predicted molar refractivity (Wildman–Crippen MR) is 236 cm³/mol. The number of hydrogen-bond donors (Lipinski definition) is 2. The first-order valence-electron chi connectivity index (χ1n) is 24.8. The van der Waals surface area contributed by atoms with Crippen LogP contribution in [0.1, 0.15) is 199 Å². The molecule has 1 aliphatic heterocycles. The van der Waals surface area contributed by atoms with Gasteiger partial charge in [0.1, 0.15) is 23.4 Å². The van der Waals surface area contributed by atoms with Gasteiger partial charge in [-0.15, -0.1) is 0 Å². The van der Waals surface area contributed by atoms with Gasteiger partial charge in [0.05, 0.1) is 33.4 Å². The van der Waals surface area contributed by atoms with E-state index in [0.29, 0.717) is 37.0 Å². The van der Waals surface area contributed by atoms with Gasteiger partial charge in [-0.05, 0) is 196 Å². The molecular formula is C52H84O10. The molecule has 10 nitrogen and oxygen atoms in total. The molecule has 0 spiro atoms. The summed E-state index contributed by atoms with van der Waals surface area (Å²) in [4.78, 5) is 48.9. The standard InChI is InChI=1S/C19H32O4.C19H32O2.C14H20O4/c1-6-15(2,3)14(20)23-16(4,5)17-7-13-8-18(21,10-17)12-19(22,9-13)11-17;1-6-17(2,3)16(20)21-18(4,5)19-10-13-7-14(11-19)9-15(8-13)12-19;1-4-14(2,3)13(16)18-10-7-5-8-9(6-7)12(15)17-11(8)10/h13,21-22H,6-12H2,1-5H3;13-15H,6-12H2,1-5H3;7-11H,4-6H2,1-3H3. The molecule has 10 aliphatic carbocycles. The Bertz CT molecular complexity index is 1700. The second-order valence-corrected chi connectivity index (χ2v) is 25.7. The predicted octanol–water partition coefficient (Wildman–Crippen LogP) is 10.1. The van der Waals surface area contributed by atoms with Crippen LogP contribution in [0.15, 0.2) is 0 Å². The lowest BCUT2D eigenvalue weighted by Gasteiger charge is -2.66. The topological polar surface area (TPSA) is 146 Å². The fourth-order valence-electron chi connectivity index (χ4n) is 14.6. The lowest BCUT2D eigenvalue weighted by Crippen LogP contribution is -2.68. The SMILES string of the molecule is CCC(C)(C)C(=O)OC(C)(C)C12CC3CC(CC(C3)C1)C2.CCC(C)(C)C(=O)OC(C)(C)C12CC3CC(O)(CC(O)(C3)C1)C2.CCC(C)(C)C(=O)OC1C2CC3C(=O)OC1C3C2. The highest BCUT2D eigenvalue weighted by atomic mass is 16.6. The van der Waals surface area contributed by atoms with Crippen molar-refractivity contribution in [3.63, 3.8) is 0 Å². The average molecular weight is 869 g/mol. The molecule has 11 rings (SSSR count). The van der Waals surface area contributed by atoms with Crippen LogP contribution < -0.4 is 0 Å². The molecule has 62 heavy (non-hydrogen) atoms. The van der Waals surface area contributed by atoms with Crippen molar-refractivity contribution in [2.45, 2.75) is 234 Å². The molecule has 0 amide bonds. The normalized spacial score (nSPS) is 40.9. The van der Waals surface area contributed by atoms with Crippen molar-refractivity contribution >= 4 is 23.9 Å². The molecule has 10 bridgehead atoms. The molecule has 10 saturated carbocycles. The van der Waals surface area contributed by atoms with Gasteiger partial charge < -0.3 is 29.2 Å². The number of fused-ring (bicyclic) bond motifs is 1. The van der Waals surface area contributed by atoms with Crippen molar-refractivity contribution in [3.05, 3.63) is 0 Å². The van der Waals surface area contributed by atoms with Crippen LogP contribution in [0.5, 0.6) is 0 Å². The molecule has 0 radical (unpaired) electrons. The summed E-state index contributed by atoms with van der Waals surface area (Å²) in [5.74, 6) is 3.29. The van der Waals surface area contributed by atoms with Crippen LogP contribution in [0.4, 0.5) is 0 Å². The highest BCUT2D eigenvalue weighted by Crippen LogP contribution is 2.67. The van der Waals surface area contributed by atoms with Crippen LogP contribution in [0.3, 0.4) is 0 Å². The Hall–Kier alpha value is -2.20. The van der Waals surface area contributed by atoms with Crippen LogP contribution in [-0.4, -0.2) is 68.7 Å². The summed E-state index contributed by atoms with van der Waals surface area (Å²) >= 11 is 0. The van der Waals surface area contributed by atoms with E-state index in [-0.39, 0.29) is 63.8 Å². The lowest BCUT2D eigenvalue weighted by molar-refractivity contribution is -0.274. The average Bonchev–Trinajstić information content (AvgIpc) is 3.78. The molecule has 1 heterocycles. The minimum absolute atomic E-state index is 0.00857. The monoisotopic (exact) mass is 869 g/mol. The van der Waals surface area contributed by atoms with Crippen molar-refractivity contribution < 1.29 is 48.3 Å². The Morgan fingerprint density at radius 2 is 1.00 bits per heavy atom. The third-order valence-corrected chi connectivity index (χ3v) is 19.3. The summed E-state index contributed by atoms with van der Waals surface area (Å²) in [5.41, 5.74) is -3.98. The largest absolute Gasteiger partial charge is 0.459 e. The summed E-state index contributed by atoms with van der Waals surface area (Å²) < 4.78 is 23.2. The smallest absolute Gasteiger partial charge is 0.312 e. The molecule has 10 heteroatoms. The molecule has 7 atom stereocenters. The minimum Gasteiger partial charge on any atom is -0.459 e. The van der Waals surface area contributed by atoms with Crippen molar-refractivity contribution in [2.75, 3.05) is 0 Å². The van der Waals surface area contributed by atoms with Gasteiger partial charge in [0.15, 0.2) is 0 Å². The fourth-order valence-corrected chi connectivity index (χ4v) is 14.6. The molecule has 0 aromatic carbocycles. The lowest BCUT2D eigenvalue weighted by atomic mass is 9.43. The summed E-state index contributed by atoms with van der Waals surface area (Å²) in [5, 5.41) is 21.9. The second kappa shape index (κ2) is 15.7. The molecule has 2 N–H and O–H groups in total. The Kier molecular flexibility index (Phi) is 12.1. The summed E-state index contributed by atoms with van der Waals surface area (Å²) in [7, 11) is 0. The van der Waals surface area contributed by atoms with Crippen LogP contribution in [-0.2, 0) is 38.1 Å². The third-order valence-electron chi connectivity index (χ3n) is 19.3. The van der Waals surface area contributed by atoms with Crippen molar-refractivity contribution in [1.82, 2.24) is 0 Å². The maximum atomic E-state index is 12.6. The fraction of sp³-hybridized carbons (Fsp3) is 0.923. The number of hydrogen-bond acceptors (Lipinski definition) is 10. The van der Waals surface area contributed by atoms with Crippen molar-refractivity contribution in [2.24, 2.45) is 68.5 Å². The van der Waals surface area contributed by atoms with Crippen LogP contribution in [0.25, 0.3) is 0 Å². The molecule has 0 aromatic rings. The Morgan fingerprint density at radius 3 is 1.44 bits per heavy atom. The first-order valence-corrected chi connectivity index (χ1v) is 24.8. The Balaban J connectivity index is 0.000000141. The van der Waals surface area contributed by atoms with Gasteiger partial charge in [0.2, 0.25) is 0 Å². The molecule has 1 saturated heterocycles. The maximum Gasteiger partial charge on any atom is 0.312 e. The van der Waals surface area contributed by atoms with Gasteiger partial charge in [-0.25, -0.2) is 0 Å². The summed E-state index contributed by atoms with van der Waals surface area (Å²) in [6, 6.07) is 0. The number of carbonyl (C=O) groups is 4. The van der Waals surface area contributed by atoms with Gasteiger partial charge in [0, 0.05) is 29.1 Å². The zero-order valence-electron chi connectivity index (χ0n) is 40.9. The zero-order valence-corrected chi connectivity index (χ0v) is 40.9. The summed E-state index contributed by atoms with van der Waals surface area (Å²) in [6.07, 6.45) is 16.1. The number of esters is 4. The van der Waals surface area contributed by atoms with Gasteiger partial charge >= 0.3 is 23.9 Å². The zero-order chi connectivity index (χ0) is 45.9. The van der Waals surface area contributed by atoms with E-state index in [1.165, 1.54) is 38.5 Å². The molecule has 11 fully saturated rings. The van der Waals surface area contributed by atoms with E-state index in [9.17, 15) is 29.4 Å².